The van der Waals surface area contributed by atoms with E-state index >= 15 is 0 Å². The van der Waals surface area contributed by atoms with E-state index in [1.807, 2.05) is 31.2 Å². The molecule has 4 aromatic rings. The predicted molar refractivity (Wildman–Crippen MR) is 158 cm³/mol. The Morgan fingerprint density at radius 3 is 2.55 bits per heavy atom. The minimum Gasteiger partial charge on any atom is -0.493 e. The quantitative estimate of drug-likeness (QED) is 0.0924. The van der Waals surface area contributed by atoms with E-state index in [-0.39, 0.29) is 23.8 Å². The van der Waals surface area contributed by atoms with Crippen molar-refractivity contribution in [3.8, 4) is 34.4 Å². The van der Waals surface area contributed by atoms with E-state index in [4.69, 9.17) is 31.1 Å². The van der Waals surface area contributed by atoms with Gasteiger partial charge in [0.05, 0.1) is 28.5 Å². The summed E-state index contributed by atoms with van der Waals surface area (Å²) in [6, 6.07) is 14.8. The lowest BCUT2D eigenvalue weighted by Gasteiger charge is -2.17. The van der Waals surface area contributed by atoms with Gasteiger partial charge >= 0.3 is 0 Å². The van der Waals surface area contributed by atoms with Crippen LogP contribution < -0.4 is 14.2 Å². The highest BCUT2D eigenvalue weighted by atomic mass is 79.9. The molecule has 2 aromatic carbocycles. The predicted octanol–water partition coefficient (Wildman–Crippen LogP) is 7.42. The summed E-state index contributed by atoms with van der Waals surface area (Å²) in [5, 5.41) is 10.3. The number of ether oxygens (including phenoxy) is 3. The zero-order chi connectivity index (χ0) is 28.5. The van der Waals surface area contributed by atoms with Gasteiger partial charge in [0.25, 0.3) is 0 Å². The van der Waals surface area contributed by atoms with E-state index in [2.05, 4.69) is 38.9 Å². The molecule has 0 fully saturated rings. The molecule has 0 unspecified atom stereocenters. The molecule has 9 heteroatoms. The lowest BCUT2D eigenvalue weighted by molar-refractivity contribution is 0.111. The van der Waals surface area contributed by atoms with Crippen LogP contribution in [-0.4, -0.2) is 28.2 Å². The molecule has 0 radical (unpaired) electrons. The second-order valence-corrected chi connectivity index (χ2v) is 10.2. The van der Waals surface area contributed by atoms with Crippen molar-refractivity contribution in [2.24, 2.45) is 0 Å². The van der Waals surface area contributed by atoms with E-state index in [1.165, 1.54) is 12.3 Å². The van der Waals surface area contributed by atoms with Crippen LogP contribution in [0.15, 0.2) is 61.1 Å². The fourth-order valence-corrected chi connectivity index (χ4v) is 4.58. The molecule has 0 aliphatic carbocycles. The Hall–Kier alpha value is -3.93. The molecule has 40 heavy (non-hydrogen) atoms. The third-order valence-electron chi connectivity index (χ3n) is 6.29. The summed E-state index contributed by atoms with van der Waals surface area (Å²) >= 11 is 9.88. The Labute approximate surface area is 246 Å². The van der Waals surface area contributed by atoms with Crippen molar-refractivity contribution in [3.63, 3.8) is 0 Å². The molecule has 0 aliphatic heterocycles. The van der Waals surface area contributed by atoms with Crippen LogP contribution in [0.5, 0.6) is 17.2 Å². The lowest BCUT2D eigenvalue weighted by atomic mass is 9.96. The molecule has 2 aromatic heterocycles. The van der Waals surface area contributed by atoms with Gasteiger partial charge in [0.15, 0.2) is 6.29 Å². The summed E-state index contributed by atoms with van der Waals surface area (Å²) in [4.78, 5) is 20.2. The number of carbonyl (C=O) groups is 1. The average Bonchev–Trinajstić information content (AvgIpc) is 2.97. The molecule has 204 valence electrons. The Morgan fingerprint density at radius 1 is 0.975 bits per heavy atom. The van der Waals surface area contributed by atoms with Gasteiger partial charge in [-0.3, -0.25) is 14.8 Å². The fourth-order valence-electron chi connectivity index (χ4n) is 4.13. The number of nitriles is 1. The van der Waals surface area contributed by atoms with Gasteiger partial charge < -0.3 is 14.2 Å². The highest BCUT2D eigenvalue weighted by Gasteiger charge is 2.15. The van der Waals surface area contributed by atoms with Crippen LogP contribution in [0.1, 0.15) is 44.7 Å². The number of hydrogen-bond donors (Lipinski definition) is 0. The van der Waals surface area contributed by atoms with Crippen LogP contribution in [0.4, 0.5) is 0 Å². The van der Waals surface area contributed by atoms with Gasteiger partial charge in [-0.1, -0.05) is 39.7 Å². The van der Waals surface area contributed by atoms with Gasteiger partial charge in [-0.2, -0.15) is 5.26 Å². The molecule has 0 spiro atoms. The number of aldehydes is 1. The minimum absolute atomic E-state index is 0.116. The average molecular weight is 621 g/mol. The van der Waals surface area contributed by atoms with Crippen LogP contribution in [0.3, 0.4) is 0 Å². The van der Waals surface area contributed by atoms with Crippen molar-refractivity contribution in [2.45, 2.75) is 33.5 Å². The summed E-state index contributed by atoms with van der Waals surface area (Å²) in [6.07, 6.45) is 6.42. The van der Waals surface area contributed by atoms with Gasteiger partial charge in [-0.15, -0.1) is 0 Å². The van der Waals surface area contributed by atoms with E-state index < -0.39 is 0 Å². The van der Waals surface area contributed by atoms with Crippen LogP contribution in [0.25, 0.3) is 11.1 Å². The van der Waals surface area contributed by atoms with E-state index in [0.717, 1.165) is 45.4 Å². The number of rotatable bonds is 12. The van der Waals surface area contributed by atoms with Crippen molar-refractivity contribution >= 4 is 33.8 Å². The highest BCUT2D eigenvalue weighted by Crippen LogP contribution is 2.35. The second-order valence-electron chi connectivity index (χ2n) is 8.96. The molecule has 7 nitrogen and oxygen atoms in total. The maximum atomic E-state index is 11.7. The van der Waals surface area contributed by atoms with Gasteiger partial charge in [0.1, 0.15) is 36.5 Å². The molecule has 0 N–H and O–H groups in total. The van der Waals surface area contributed by atoms with Gasteiger partial charge in [-0.05, 0) is 66.8 Å². The van der Waals surface area contributed by atoms with Crippen molar-refractivity contribution in [1.29, 1.82) is 5.26 Å². The number of halogens is 2. The SMILES string of the molecule is Cc1c(OCCCBr)cccc1-c1ccnc(COc2cc(OCc3cncc(C#N)c3)c(C=O)cc2Cl)c1C. The Balaban J connectivity index is 1.53. The monoisotopic (exact) mass is 619 g/mol. The number of carbonyl (C=O) groups excluding carboxylic acids is 1. The maximum absolute atomic E-state index is 11.7. The minimum atomic E-state index is 0.116. The molecule has 0 aliphatic rings. The lowest BCUT2D eigenvalue weighted by Crippen LogP contribution is -2.05. The van der Waals surface area contributed by atoms with Crippen LogP contribution >= 0.6 is 27.5 Å². The number of nitrogens with zero attached hydrogens (tertiary/aromatic N) is 3. The first-order valence-electron chi connectivity index (χ1n) is 12.6. The van der Waals surface area contributed by atoms with E-state index in [0.29, 0.717) is 35.5 Å². The summed E-state index contributed by atoms with van der Waals surface area (Å²) in [6.45, 7) is 4.98. The van der Waals surface area contributed by atoms with Gasteiger partial charge in [-0.25, -0.2) is 0 Å². The molecule has 4 rings (SSSR count). The Morgan fingerprint density at radius 2 is 1.77 bits per heavy atom. The summed E-state index contributed by atoms with van der Waals surface area (Å²) in [5.41, 5.74) is 6.29. The Kier molecular flexibility index (Phi) is 10.1. The van der Waals surface area contributed by atoms with Gasteiger partial charge in [0, 0.05) is 35.6 Å². The highest BCUT2D eigenvalue weighted by molar-refractivity contribution is 9.09. The largest absolute Gasteiger partial charge is 0.493 e. The molecular weight excluding hydrogens is 594 g/mol. The van der Waals surface area contributed by atoms with E-state index in [9.17, 15) is 4.79 Å². The van der Waals surface area contributed by atoms with Crippen LogP contribution in [0, 0.1) is 25.2 Å². The first-order chi connectivity index (χ1) is 19.4. The van der Waals surface area contributed by atoms with Crippen molar-refractivity contribution in [3.05, 3.63) is 99.6 Å². The van der Waals surface area contributed by atoms with E-state index in [1.54, 1.807) is 24.5 Å². The number of benzene rings is 2. The molecule has 0 amide bonds. The summed E-state index contributed by atoms with van der Waals surface area (Å²) < 4.78 is 17.9. The molecule has 0 bridgehead atoms. The molecule has 0 atom stereocenters. The zero-order valence-electron chi connectivity index (χ0n) is 22.1. The number of aromatic nitrogens is 2. The third-order valence-corrected chi connectivity index (χ3v) is 7.15. The number of alkyl halides is 1. The normalized spacial score (nSPS) is 10.6. The first-order valence-corrected chi connectivity index (χ1v) is 14.1. The molecular formula is C31H27BrClN3O4. The molecule has 0 saturated heterocycles. The van der Waals surface area contributed by atoms with Crippen molar-refractivity contribution in [1.82, 2.24) is 9.97 Å². The van der Waals surface area contributed by atoms with Crippen molar-refractivity contribution in [2.75, 3.05) is 11.9 Å². The fraction of sp³-hybridized carbons (Fsp3) is 0.226. The molecule has 2 heterocycles. The zero-order valence-corrected chi connectivity index (χ0v) is 24.5. The number of pyridine rings is 2. The summed E-state index contributed by atoms with van der Waals surface area (Å²) in [5.74, 6) is 1.52. The van der Waals surface area contributed by atoms with Crippen molar-refractivity contribution < 1.29 is 19.0 Å². The van der Waals surface area contributed by atoms with Crippen LogP contribution in [-0.2, 0) is 13.2 Å². The topological polar surface area (TPSA) is 94.3 Å². The maximum Gasteiger partial charge on any atom is 0.153 e. The summed E-state index contributed by atoms with van der Waals surface area (Å²) in [7, 11) is 0. The smallest absolute Gasteiger partial charge is 0.153 e. The first kappa shape index (κ1) is 29.1. The second kappa shape index (κ2) is 13.9. The third kappa shape index (κ3) is 6.98. The van der Waals surface area contributed by atoms with Crippen LogP contribution in [0.2, 0.25) is 5.02 Å². The van der Waals surface area contributed by atoms with Gasteiger partial charge in [0.2, 0.25) is 0 Å². The molecule has 0 saturated carbocycles. The number of hydrogen-bond acceptors (Lipinski definition) is 7. The Bertz CT molecular complexity index is 1550. The standard InChI is InChI=1S/C31H27BrClN3O4/c1-20-26(25-5-3-6-29(21(25)2)38-10-4-8-32)7-9-36-28(20)19-40-31-13-30(24(17-37)12-27(31)33)39-18-23-11-22(14-34)15-35-16-23/h3,5-7,9,11-13,15-17H,4,8,10,18-19H2,1-2H3.